The van der Waals surface area contributed by atoms with Crippen LogP contribution in [0.25, 0.3) is 0 Å². The lowest BCUT2D eigenvalue weighted by atomic mass is 9.72. The Morgan fingerprint density at radius 3 is 1.26 bits per heavy atom. The normalized spacial score (nSPS) is 13.3. The fraction of sp³-hybridized carbons (Fsp3) is 1.00. The largest absolute Gasteiger partial charge is 0.379 e. The molecule has 47 heavy (non-hydrogen) atoms. The van der Waals surface area contributed by atoms with Crippen molar-refractivity contribution >= 4 is 0 Å². The molecule has 0 bridgehead atoms. The average Bonchev–Trinajstić information content (AvgIpc) is 2.99. The second-order valence-electron chi connectivity index (χ2n) is 18.2. The lowest BCUT2D eigenvalue weighted by Gasteiger charge is -2.38. The number of hydrogen-bond acceptors (Lipinski definition) is 3. The molecule has 0 aromatic carbocycles. The highest BCUT2D eigenvalue weighted by molar-refractivity contribution is 4.83. The minimum absolute atomic E-state index is 0.114. The molecule has 0 aromatic rings. The van der Waals surface area contributed by atoms with Crippen LogP contribution in [-0.2, 0) is 14.2 Å². The third-order valence-electron chi connectivity index (χ3n) is 10.6. The third-order valence-corrected chi connectivity index (χ3v) is 10.6. The van der Waals surface area contributed by atoms with Crippen LogP contribution in [0.1, 0.15) is 236 Å². The van der Waals surface area contributed by atoms with E-state index in [4.69, 9.17) is 14.2 Å². The Kier molecular flexibility index (Phi) is 27.5. The SMILES string of the molecule is CCCCCCCCCCCCC(CCCCCCCCCCCC)OCC(C)(C)CC(C)(C)CCC(C)(C)OCCC(C)(C)OC. The summed E-state index contributed by atoms with van der Waals surface area (Å²) in [6.45, 7) is 24.8. The number of hydrogen-bond donors (Lipinski definition) is 0. The molecular weight excluding hydrogens is 576 g/mol. The first kappa shape index (κ1) is 46.9. The Labute approximate surface area is 298 Å². The second-order valence-corrected chi connectivity index (χ2v) is 18.2. The summed E-state index contributed by atoms with van der Waals surface area (Å²) in [5, 5.41) is 0. The van der Waals surface area contributed by atoms with Crippen molar-refractivity contribution in [3.8, 4) is 0 Å². The molecule has 0 aliphatic heterocycles. The molecule has 0 saturated carbocycles. The van der Waals surface area contributed by atoms with E-state index in [1.165, 1.54) is 148 Å². The van der Waals surface area contributed by atoms with Gasteiger partial charge in [-0.15, -0.1) is 0 Å². The molecule has 3 nitrogen and oxygen atoms in total. The van der Waals surface area contributed by atoms with Gasteiger partial charge in [0.1, 0.15) is 0 Å². The zero-order chi connectivity index (χ0) is 35.5. The van der Waals surface area contributed by atoms with Crippen LogP contribution in [-0.4, -0.2) is 37.6 Å². The van der Waals surface area contributed by atoms with Crippen LogP contribution in [0.5, 0.6) is 0 Å². The van der Waals surface area contributed by atoms with Crippen molar-refractivity contribution in [1.29, 1.82) is 0 Å². The Morgan fingerprint density at radius 1 is 0.447 bits per heavy atom. The summed E-state index contributed by atoms with van der Waals surface area (Å²) in [6, 6.07) is 0. The summed E-state index contributed by atoms with van der Waals surface area (Å²) < 4.78 is 18.7. The molecular formula is C44H90O3. The lowest BCUT2D eigenvalue weighted by molar-refractivity contribution is -0.0674. The van der Waals surface area contributed by atoms with Crippen LogP contribution in [0.3, 0.4) is 0 Å². The predicted molar refractivity (Wildman–Crippen MR) is 210 cm³/mol. The monoisotopic (exact) mass is 667 g/mol. The Bertz CT molecular complexity index is 656. The van der Waals surface area contributed by atoms with Crippen LogP contribution in [0.4, 0.5) is 0 Å². The Hall–Kier alpha value is -0.120. The highest BCUT2D eigenvalue weighted by atomic mass is 16.5. The van der Waals surface area contributed by atoms with Crippen LogP contribution in [0, 0.1) is 10.8 Å². The van der Waals surface area contributed by atoms with Gasteiger partial charge in [0, 0.05) is 7.11 Å². The number of methoxy groups -OCH3 is 1. The van der Waals surface area contributed by atoms with Gasteiger partial charge in [-0.1, -0.05) is 170 Å². The average molecular weight is 667 g/mol. The van der Waals surface area contributed by atoms with E-state index in [1.807, 2.05) is 0 Å². The van der Waals surface area contributed by atoms with Gasteiger partial charge < -0.3 is 14.2 Å². The topological polar surface area (TPSA) is 27.7 Å². The van der Waals surface area contributed by atoms with Crippen LogP contribution in [0.15, 0.2) is 0 Å². The van der Waals surface area contributed by atoms with E-state index in [2.05, 4.69) is 69.2 Å². The van der Waals surface area contributed by atoms with E-state index < -0.39 is 0 Å². The molecule has 0 saturated heterocycles. The molecule has 0 aromatic heterocycles. The highest BCUT2D eigenvalue weighted by Gasteiger charge is 2.32. The summed E-state index contributed by atoms with van der Waals surface area (Å²) in [4.78, 5) is 0. The van der Waals surface area contributed by atoms with Gasteiger partial charge in [0.25, 0.3) is 0 Å². The number of rotatable bonds is 35. The van der Waals surface area contributed by atoms with E-state index in [-0.39, 0.29) is 22.0 Å². The maximum absolute atomic E-state index is 6.82. The fourth-order valence-electron chi connectivity index (χ4n) is 7.20. The minimum atomic E-state index is -0.127. The summed E-state index contributed by atoms with van der Waals surface area (Å²) >= 11 is 0. The molecule has 0 heterocycles. The van der Waals surface area contributed by atoms with Gasteiger partial charge in [0.15, 0.2) is 0 Å². The molecule has 284 valence electrons. The van der Waals surface area contributed by atoms with Crippen molar-refractivity contribution in [2.75, 3.05) is 20.3 Å². The van der Waals surface area contributed by atoms with Crippen molar-refractivity contribution in [2.45, 2.75) is 253 Å². The van der Waals surface area contributed by atoms with Crippen LogP contribution >= 0.6 is 0 Å². The second kappa shape index (κ2) is 27.6. The van der Waals surface area contributed by atoms with Crippen LogP contribution in [0.2, 0.25) is 0 Å². The maximum Gasteiger partial charge on any atom is 0.0644 e. The van der Waals surface area contributed by atoms with Crippen molar-refractivity contribution < 1.29 is 14.2 Å². The highest BCUT2D eigenvalue weighted by Crippen LogP contribution is 2.39. The van der Waals surface area contributed by atoms with E-state index in [0.717, 1.165) is 32.5 Å². The number of ether oxygens (including phenoxy) is 3. The zero-order valence-electron chi connectivity index (χ0n) is 34.6. The van der Waals surface area contributed by atoms with Gasteiger partial charge in [0.2, 0.25) is 0 Å². The maximum atomic E-state index is 6.82. The lowest BCUT2D eigenvalue weighted by Crippen LogP contribution is -2.33. The predicted octanol–water partition coefficient (Wildman–Crippen LogP) is 14.8. The molecule has 0 N–H and O–H groups in total. The summed E-state index contributed by atoms with van der Waals surface area (Å²) in [7, 11) is 1.79. The van der Waals surface area contributed by atoms with Crippen LogP contribution < -0.4 is 0 Å². The Balaban J connectivity index is 4.70. The molecule has 0 spiro atoms. The summed E-state index contributed by atoms with van der Waals surface area (Å²) in [5.41, 5.74) is 0.182. The van der Waals surface area contributed by atoms with Gasteiger partial charge in [-0.25, -0.2) is 0 Å². The minimum Gasteiger partial charge on any atom is -0.379 e. The number of unbranched alkanes of at least 4 members (excludes halogenated alkanes) is 18. The summed E-state index contributed by atoms with van der Waals surface area (Å²) in [6.07, 6.45) is 35.3. The van der Waals surface area contributed by atoms with Crippen molar-refractivity contribution in [3.05, 3.63) is 0 Å². The van der Waals surface area contributed by atoms with Gasteiger partial charge in [-0.05, 0) is 77.0 Å². The van der Waals surface area contributed by atoms with Gasteiger partial charge in [-0.3, -0.25) is 0 Å². The molecule has 0 aliphatic rings. The Morgan fingerprint density at radius 2 is 0.851 bits per heavy atom. The van der Waals surface area contributed by atoms with Gasteiger partial charge in [-0.2, -0.15) is 0 Å². The smallest absolute Gasteiger partial charge is 0.0644 e. The van der Waals surface area contributed by atoms with Gasteiger partial charge >= 0.3 is 0 Å². The van der Waals surface area contributed by atoms with Gasteiger partial charge in [0.05, 0.1) is 30.5 Å². The first-order chi connectivity index (χ1) is 22.2. The molecule has 3 heteroatoms. The van der Waals surface area contributed by atoms with Crippen molar-refractivity contribution in [1.82, 2.24) is 0 Å². The van der Waals surface area contributed by atoms with Crippen molar-refractivity contribution in [3.63, 3.8) is 0 Å². The van der Waals surface area contributed by atoms with E-state index in [9.17, 15) is 0 Å². The summed E-state index contributed by atoms with van der Waals surface area (Å²) in [5.74, 6) is 0. The quantitative estimate of drug-likeness (QED) is 0.0630. The zero-order valence-corrected chi connectivity index (χ0v) is 34.6. The van der Waals surface area contributed by atoms with E-state index in [1.54, 1.807) is 7.11 Å². The van der Waals surface area contributed by atoms with E-state index >= 15 is 0 Å². The first-order valence-corrected chi connectivity index (χ1v) is 21.0. The molecule has 0 atom stereocenters. The molecule has 0 rings (SSSR count). The molecule has 0 unspecified atom stereocenters. The standard InChI is InChI=1S/C44H90O3/c1-12-14-16-18-20-22-24-26-28-30-32-40(33-31-29-27-25-23-21-19-17-15-13-2)46-39-42(5,6)38-41(3,4)34-35-44(9,10)47-37-36-43(7,8)45-11/h40H,12-39H2,1-11H3. The van der Waals surface area contributed by atoms with E-state index in [0.29, 0.717) is 6.10 Å². The fourth-order valence-corrected chi connectivity index (χ4v) is 7.20. The molecule has 0 fully saturated rings. The molecule has 0 aliphatic carbocycles. The molecule has 0 amide bonds. The van der Waals surface area contributed by atoms with Crippen molar-refractivity contribution in [2.24, 2.45) is 10.8 Å². The first-order valence-electron chi connectivity index (χ1n) is 21.0. The molecule has 0 radical (unpaired) electrons. The third kappa shape index (κ3) is 30.4.